The predicted octanol–water partition coefficient (Wildman–Crippen LogP) is 1.21. The minimum atomic E-state index is -0.895. The van der Waals surface area contributed by atoms with Gasteiger partial charge in [-0.15, -0.1) is 0 Å². The summed E-state index contributed by atoms with van der Waals surface area (Å²) in [6.07, 6.45) is 0.863. The summed E-state index contributed by atoms with van der Waals surface area (Å²) in [6, 6.07) is 0. The molecule has 0 saturated carbocycles. The molecule has 80 valence electrons. The average Bonchev–Trinajstić information content (AvgIpc) is 2.17. The number of carbonyl (C=O) groups excluding carboxylic acids is 1. The van der Waals surface area contributed by atoms with Crippen molar-refractivity contribution in [3.63, 3.8) is 0 Å². The van der Waals surface area contributed by atoms with E-state index >= 15 is 0 Å². The van der Waals surface area contributed by atoms with Gasteiger partial charge in [-0.25, -0.2) is 14.8 Å². The number of carbonyl (C=O) groups is 1. The second-order valence-electron chi connectivity index (χ2n) is 2.35. The lowest BCUT2D eigenvalue weighted by Gasteiger charge is -2.01. The summed E-state index contributed by atoms with van der Waals surface area (Å²) in [4.78, 5) is 27.8. The molecule has 1 aromatic rings. The standard InChI is InChI=1S/C7H6ClN3O4/c1-2-15-6(12)5-4(11(13)14)3-9-7(8)10-5/h3H,2H2,1H3. The van der Waals surface area contributed by atoms with Crippen LogP contribution in [0.15, 0.2) is 6.20 Å². The van der Waals surface area contributed by atoms with Crippen molar-refractivity contribution in [3.05, 3.63) is 27.3 Å². The maximum Gasteiger partial charge on any atom is 0.364 e. The summed E-state index contributed by atoms with van der Waals surface area (Å²) in [7, 11) is 0. The molecule has 1 rings (SSSR count). The Hall–Kier alpha value is -1.76. The normalized spacial score (nSPS) is 9.73. The van der Waals surface area contributed by atoms with Gasteiger partial charge >= 0.3 is 11.7 Å². The number of esters is 1. The van der Waals surface area contributed by atoms with Crippen molar-refractivity contribution in [1.29, 1.82) is 0 Å². The van der Waals surface area contributed by atoms with Gasteiger partial charge < -0.3 is 4.74 Å². The Labute approximate surface area is 89.2 Å². The molecule has 0 aromatic carbocycles. The number of nitro groups is 1. The fourth-order valence-electron chi connectivity index (χ4n) is 0.837. The summed E-state index contributed by atoms with van der Waals surface area (Å²) < 4.78 is 4.58. The zero-order valence-electron chi connectivity index (χ0n) is 7.64. The van der Waals surface area contributed by atoms with Crippen LogP contribution < -0.4 is 0 Å². The van der Waals surface area contributed by atoms with E-state index in [0.29, 0.717) is 0 Å². The van der Waals surface area contributed by atoms with Gasteiger partial charge in [-0.05, 0) is 18.5 Å². The minimum absolute atomic E-state index is 0.0949. The summed E-state index contributed by atoms with van der Waals surface area (Å²) >= 11 is 5.41. The lowest BCUT2D eigenvalue weighted by molar-refractivity contribution is -0.385. The Morgan fingerprint density at radius 2 is 2.40 bits per heavy atom. The first-order valence-corrected chi connectivity index (χ1v) is 4.28. The summed E-state index contributed by atoms with van der Waals surface area (Å²) in [5, 5.41) is 10.3. The van der Waals surface area contributed by atoms with Crippen molar-refractivity contribution < 1.29 is 14.5 Å². The van der Waals surface area contributed by atoms with E-state index in [4.69, 9.17) is 11.6 Å². The molecule has 0 spiro atoms. The van der Waals surface area contributed by atoms with Crippen LogP contribution in [0.25, 0.3) is 0 Å². The molecule has 0 saturated heterocycles. The zero-order chi connectivity index (χ0) is 11.4. The SMILES string of the molecule is CCOC(=O)c1nc(Cl)ncc1[N+](=O)[O-]. The van der Waals surface area contributed by atoms with Crippen LogP contribution >= 0.6 is 11.6 Å². The van der Waals surface area contributed by atoms with Crippen LogP contribution in [0.1, 0.15) is 17.4 Å². The number of hydrogen-bond acceptors (Lipinski definition) is 6. The zero-order valence-corrected chi connectivity index (χ0v) is 8.39. The second-order valence-corrected chi connectivity index (χ2v) is 2.69. The summed E-state index contributed by atoms with van der Waals surface area (Å²) in [5.41, 5.74) is -0.972. The molecule has 8 heteroatoms. The van der Waals surface area contributed by atoms with Crippen LogP contribution in [-0.4, -0.2) is 27.5 Å². The van der Waals surface area contributed by atoms with Crippen LogP contribution in [0.3, 0.4) is 0 Å². The number of halogens is 1. The van der Waals surface area contributed by atoms with E-state index in [9.17, 15) is 14.9 Å². The fourth-order valence-corrected chi connectivity index (χ4v) is 0.971. The first kappa shape index (κ1) is 11.3. The van der Waals surface area contributed by atoms with Crippen molar-refractivity contribution in [1.82, 2.24) is 9.97 Å². The third-order valence-corrected chi connectivity index (χ3v) is 1.59. The molecular formula is C7H6ClN3O4. The van der Waals surface area contributed by atoms with E-state index in [1.807, 2.05) is 0 Å². The van der Waals surface area contributed by atoms with Crippen LogP contribution in [0.4, 0.5) is 5.69 Å². The van der Waals surface area contributed by atoms with Crippen LogP contribution in [0.5, 0.6) is 0 Å². The van der Waals surface area contributed by atoms with E-state index in [0.717, 1.165) is 6.20 Å². The quantitative estimate of drug-likeness (QED) is 0.336. The Kier molecular flexibility index (Phi) is 3.51. The van der Waals surface area contributed by atoms with E-state index in [2.05, 4.69) is 14.7 Å². The minimum Gasteiger partial charge on any atom is -0.461 e. The lowest BCUT2D eigenvalue weighted by Crippen LogP contribution is -2.11. The van der Waals surface area contributed by atoms with Gasteiger partial charge in [0.15, 0.2) is 0 Å². The number of ether oxygens (including phenoxy) is 1. The molecule has 0 aliphatic rings. The molecule has 1 heterocycles. The molecule has 0 amide bonds. The molecule has 0 bridgehead atoms. The van der Waals surface area contributed by atoms with Gasteiger partial charge in [0.1, 0.15) is 6.20 Å². The first-order valence-electron chi connectivity index (χ1n) is 3.90. The van der Waals surface area contributed by atoms with Gasteiger partial charge in [-0.1, -0.05) is 0 Å². The molecule has 15 heavy (non-hydrogen) atoms. The van der Waals surface area contributed by atoms with Crippen molar-refractivity contribution in [2.45, 2.75) is 6.92 Å². The third kappa shape index (κ3) is 2.59. The molecule has 0 aliphatic heterocycles. The van der Waals surface area contributed by atoms with Gasteiger partial charge in [-0.3, -0.25) is 10.1 Å². The van der Waals surface area contributed by atoms with Crippen molar-refractivity contribution in [2.24, 2.45) is 0 Å². The maximum absolute atomic E-state index is 11.2. The molecule has 0 radical (unpaired) electrons. The maximum atomic E-state index is 11.2. The predicted molar refractivity (Wildman–Crippen MR) is 49.7 cm³/mol. The summed E-state index contributed by atoms with van der Waals surface area (Å²) in [5.74, 6) is -0.895. The highest BCUT2D eigenvalue weighted by Crippen LogP contribution is 2.17. The van der Waals surface area contributed by atoms with Gasteiger partial charge in [-0.2, -0.15) is 0 Å². The number of nitrogens with zero attached hydrogens (tertiary/aromatic N) is 3. The molecule has 0 unspecified atom stereocenters. The monoisotopic (exact) mass is 231 g/mol. The van der Waals surface area contributed by atoms with Crippen molar-refractivity contribution in [3.8, 4) is 0 Å². The first-order chi connectivity index (χ1) is 7.06. The number of aromatic nitrogens is 2. The highest BCUT2D eigenvalue weighted by Gasteiger charge is 2.24. The van der Waals surface area contributed by atoms with Gasteiger partial charge in [0.25, 0.3) is 0 Å². The third-order valence-electron chi connectivity index (χ3n) is 1.41. The van der Waals surface area contributed by atoms with E-state index in [1.54, 1.807) is 6.92 Å². The molecule has 0 fully saturated rings. The molecule has 1 aromatic heterocycles. The average molecular weight is 232 g/mol. The van der Waals surface area contributed by atoms with E-state index < -0.39 is 22.3 Å². The molecule has 0 N–H and O–H groups in total. The highest BCUT2D eigenvalue weighted by atomic mass is 35.5. The summed E-state index contributed by atoms with van der Waals surface area (Å²) in [6.45, 7) is 1.67. The largest absolute Gasteiger partial charge is 0.461 e. The van der Waals surface area contributed by atoms with Crippen molar-refractivity contribution in [2.75, 3.05) is 6.61 Å². The van der Waals surface area contributed by atoms with E-state index in [-0.39, 0.29) is 11.9 Å². The Bertz CT molecular complexity index is 409. The number of hydrogen-bond donors (Lipinski definition) is 0. The number of rotatable bonds is 3. The smallest absolute Gasteiger partial charge is 0.364 e. The van der Waals surface area contributed by atoms with E-state index in [1.165, 1.54) is 0 Å². The highest BCUT2D eigenvalue weighted by molar-refractivity contribution is 6.28. The Balaban J connectivity index is 3.18. The Morgan fingerprint density at radius 3 is 2.93 bits per heavy atom. The molecule has 0 aliphatic carbocycles. The van der Waals surface area contributed by atoms with Crippen LogP contribution in [0.2, 0.25) is 5.28 Å². The van der Waals surface area contributed by atoms with Gasteiger partial charge in [0.2, 0.25) is 11.0 Å². The topological polar surface area (TPSA) is 95.2 Å². The van der Waals surface area contributed by atoms with Gasteiger partial charge in [0, 0.05) is 0 Å². The van der Waals surface area contributed by atoms with Crippen LogP contribution in [0, 0.1) is 10.1 Å². The Morgan fingerprint density at radius 1 is 1.73 bits per heavy atom. The van der Waals surface area contributed by atoms with Crippen LogP contribution in [-0.2, 0) is 4.74 Å². The van der Waals surface area contributed by atoms with Crippen molar-refractivity contribution >= 4 is 23.3 Å². The molecule has 7 nitrogen and oxygen atoms in total. The fraction of sp³-hybridized carbons (Fsp3) is 0.286. The van der Waals surface area contributed by atoms with Gasteiger partial charge in [0.05, 0.1) is 11.5 Å². The lowest BCUT2D eigenvalue weighted by atomic mass is 10.3. The molecular weight excluding hydrogens is 226 g/mol. The molecule has 0 atom stereocenters. The second kappa shape index (κ2) is 4.65.